The first-order valence-corrected chi connectivity index (χ1v) is 14.3. The molecule has 0 radical (unpaired) electrons. The van der Waals surface area contributed by atoms with Gasteiger partial charge in [-0.05, 0) is 49.4 Å². The average molecular weight is 615 g/mol. The van der Waals surface area contributed by atoms with Crippen molar-refractivity contribution in [1.82, 2.24) is 9.29 Å². The van der Waals surface area contributed by atoms with E-state index in [1.54, 1.807) is 11.2 Å². The van der Waals surface area contributed by atoms with Crippen LogP contribution in [0.4, 0.5) is 11.4 Å². The number of nitrogens with zero attached hydrogens (tertiary/aromatic N) is 4. The molecule has 0 saturated carbocycles. The number of fused-ring (bicyclic) bond motifs is 2. The highest BCUT2D eigenvalue weighted by atomic mass is 127. The zero-order chi connectivity index (χ0) is 23.8. The van der Waals surface area contributed by atoms with Gasteiger partial charge in [-0.25, -0.2) is 17.7 Å². The highest BCUT2D eigenvalue weighted by molar-refractivity contribution is 7.89. The highest BCUT2D eigenvalue weighted by Crippen LogP contribution is 2.35. The van der Waals surface area contributed by atoms with Gasteiger partial charge in [0.15, 0.2) is 0 Å². The number of anilines is 2. The molecule has 0 aliphatic carbocycles. The summed E-state index contributed by atoms with van der Waals surface area (Å²) in [6.45, 7) is 8.81. The second kappa shape index (κ2) is 11.2. The normalized spacial score (nSPS) is 15.4. The van der Waals surface area contributed by atoms with Crippen molar-refractivity contribution in [3.8, 4) is 0 Å². The van der Waals surface area contributed by atoms with Crippen LogP contribution in [-0.2, 0) is 22.9 Å². The Labute approximate surface area is 225 Å². The summed E-state index contributed by atoms with van der Waals surface area (Å²) in [6.07, 6.45) is 2.70. The van der Waals surface area contributed by atoms with Crippen LogP contribution in [0.15, 0.2) is 24.3 Å². The van der Waals surface area contributed by atoms with Gasteiger partial charge in [-0.15, -0.1) is 0 Å². The molecular weight excluding hydrogens is 579 g/mol. The summed E-state index contributed by atoms with van der Waals surface area (Å²) in [5.74, 6) is 0.165. The lowest BCUT2D eigenvalue weighted by Gasteiger charge is -2.23. The van der Waals surface area contributed by atoms with E-state index < -0.39 is 10.0 Å². The molecule has 0 bridgehead atoms. The molecule has 0 unspecified atom stereocenters. The number of aromatic nitrogens is 1. The smallest absolute Gasteiger partial charge is 0.259 e. The Morgan fingerprint density at radius 2 is 1.56 bits per heavy atom. The number of halogens is 1. The quantitative estimate of drug-likeness (QED) is 0.241. The van der Waals surface area contributed by atoms with Crippen molar-refractivity contribution in [3.05, 3.63) is 35.4 Å². The summed E-state index contributed by atoms with van der Waals surface area (Å²) in [6, 6.07) is 9.01. The molecule has 9 heteroatoms. The highest BCUT2D eigenvalue weighted by Gasteiger charge is 2.25. The predicted octanol–water partition coefficient (Wildman–Crippen LogP) is 1.79. The fourth-order valence-corrected chi connectivity index (χ4v) is 6.81. The number of hydrogen-bond acceptors (Lipinski definition) is 5. The zero-order valence-electron chi connectivity index (χ0n) is 20.8. The van der Waals surface area contributed by atoms with Crippen LogP contribution in [0.1, 0.15) is 38.3 Å². The van der Waals surface area contributed by atoms with E-state index in [9.17, 15) is 8.42 Å². The molecule has 0 N–H and O–H groups in total. The maximum atomic E-state index is 12.4. The van der Waals surface area contributed by atoms with E-state index in [1.165, 1.54) is 31.9 Å². The van der Waals surface area contributed by atoms with Crippen molar-refractivity contribution >= 4 is 53.2 Å². The molecule has 6 nitrogen and oxygen atoms in total. The van der Waals surface area contributed by atoms with Crippen LogP contribution in [0, 0.1) is 0 Å². The van der Waals surface area contributed by atoms with Gasteiger partial charge >= 0.3 is 0 Å². The van der Waals surface area contributed by atoms with Crippen LogP contribution < -0.4 is 33.8 Å². The second-order valence-electron chi connectivity index (χ2n) is 8.86. The third-order valence-electron chi connectivity index (χ3n) is 6.58. The van der Waals surface area contributed by atoms with E-state index >= 15 is 0 Å². The fourth-order valence-electron chi connectivity index (χ4n) is 4.53. The molecule has 1 aliphatic heterocycles. The summed E-state index contributed by atoms with van der Waals surface area (Å²) in [5, 5.41) is 0. The Morgan fingerprint density at radius 3 is 2.18 bits per heavy atom. The summed E-state index contributed by atoms with van der Waals surface area (Å²) in [7, 11) is 1.01. The van der Waals surface area contributed by atoms with Crippen molar-refractivity contribution < 1.29 is 32.4 Å². The van der Waals surface area contributed by atoms with Gasteiger partial charge < -0.3 is 33.8 Å². The van der Waals surface area contributed by atoms with Crippen LogP contribution in [0.2, 0.25) is 0 Å². The molecule has 1 fully saturated rings. The third-order valence-corrected chi connectivity index (χ3v) is 9.52. The van der Waals surface area contributed by atoms with Crippen LogP contribution in [0.3, 0.4) is 0 Å². The first kappa shape index (κ1) is 27.3. The summed E-state index contributed by atoms with van der Waals surface area (Å²) >= 11 is 1.81. The van der Waals surface area contributed by atoms with E-state index in [4.69, 9.17) is 4.98 Å². The van der Waals surface area contributed by atoms with Crippen LogP contribution in [0.5, 0.6) is 0 Å². The van der Waals surface area contributed by atoms with E-state index in [0.717, 1.165) is 36.8 Å². The zero-order valence-corrected chi connectivity index (χ0v) is 24.6. The minimum Gasteiger partial charge on any atom is -1.00 e. The largest absolute Gasteiger partial charge is 1.00 e. The first-order chi connectivity index (χ1) is 15.8. The number of aryl methyl sites for hydroxylation is 2. The van der Waals surface area contributed by atoms with Crippen LogP contribution >= 0.6 is 11.3 Å². The van der Waals surface area contributed by atoms with Gasteiger partial charge in [0.25, 0.3) is 9.40 Å². The lowest BCUT2D eigenvalue weighted by molar-refractivity contribution is -0.00000934. The van der Waals surface area contributed by atoms with Crippen molar-refractivity contribution in [2.75, 3.05) is 55.8 Å². The van der Waals surface area contributed by atoms with Crippen molar-refractivity contribution in [3.63, 3.8) is 0 Å². The molecule has 186 valence electrons. The third kappa shape index (κ3) is 5.42. The standard InChI is InChI=1S/C25H35N4O2S2.HI/c1-6-18-14-20(27(4)5)16-22-24(18)26-25-19(7-2)15-21(17-23(25)32-22)28-10-9-11-29(13-12-28)33(30,31)8-3;/h14-17H,6-13H2,1-5H3;1H/q+1;/p-1. The van der Waals surface area contributed by atoms with Gasteiger partial charge in [0.2, 0.25) is 21.4 Å². The van der Waals surface area contributed by atoms with Crippen molar-refractivity contribution in [2.24, 2.45) is 0 Å². The van der Waals surface area contributed by atoms with E-state index in [0.29, 0.717) is 19.6 Å². The molecule has 2 aromatic carbocycles. The van der Waals surface area contributed by atoms with Crippen LogP contribution in [0.25, 0.3) is 20.4 Å². The Hall–Kier alpha value is -1.30. The van der Waals surface area contributed by atoms with Crippen LogP contribution in [-0.4, -0.2) is 63.7 Å². The maximum absolute atomic E-state index is 12.4. The molecule has 4 rings (SSSR count). The van der Waals surface area contributed by atoms with E-state index in [-0.39, 0.29) is 29.7 Å². The Bertz CT molecular complexity index is 1280. The maximum Gasteiger partial charge on any atom is 0.259 e. The summed E-state index contributed by atoms with van der Waals surface area (Å²) in [5.41, 5.74) is 7.11. The van der Waals surface area contributed by atoms with Gasteiger partial charge in [0.05, 0.1) is 5.75 Å². The summed E-state index contributed by atoms with van der Waals surface area (Å²) in [4.78, 5) is 9.66. The molecule has 34 heavy (non-hydrogen) atoms. The number of rotatable bonds is 6. The van der Waals surface area contributed by atoms with Gasteiger partial charge in [-0.2, -0.15) is 0 Å². The first-order valence-electron chi connectivity index (χ1n) is 11.9. The minimum absolute atomic E-state index is 0. The average Bonchev–Trinajstić information content (AvgIpc) is 3.08. The van der Waals surface area contributed by atoms with Crippen molar-refractivity contribution in [1.29, 1.82) is 0 Å². The summed E-state index contributed by atoms with van der Waals surface area (Å²) < 4.78 is 28.8. The Kier molecular flexibility index (Phi) is 8.97. The topological polar surface area (TPSA) is 56.8 Å². The monoisotopic (exact) mass is 614 g/mol. The van der Waals surface area contributed by atoms with E-state index in [2.05, 4.69) is 62.0 Å². The molecule has 2 heterocycles. The molecule has 1 aliphatic rings. The Morgan fingerprint density at radius 1 is 0.912 bits per heavy atom. The lowest BCUT2D eigenvalue weighted by atomic mass is 10.1. The molecule has 0 amide bonds. The number of sulfonamides is 1. The SMILES string of the molecule is CCc1cc(N(C)C)cc2[s+]c3cc(N4CCCN(S(=O)(=O)CC)CC4)cc(CC)c3nc12.[I-]. The van der Waals surface area contributed by atoms with Crippen molar-refractivity contribution in [2.45, 2.75) is 40.0 Å². The van der Waals surface area contributed by atoms with Gasteiger partial charge in [-0.3, -0.25) is 0 Å². The number of benzene rings is 2. The molecule has 0 spiro atoms. The second-order valence-corrected chi connectivity index (χ2v) is 12.2. The van der Waals surface area contributed by atoms with Gasteiger partial charge in [-0.1, -0.05) is 13.8 Å². The number of hydrogen-bond donors (Lipinski definition) is 0. The fraction of sp³-hybridized carbons (Fsp3) is 0.520. The molecule has 1 aromatic heterocycles. The predicted molar refractivity (Wildman–Crippen MR) is 142 cm³/mol. The van der Waals surface area contributed by atoms with Gasteiger partial charge in [0, 0.05) is 63.8 Å². The molecular formula is C25H35IN4O2S2. The lowest BCUT2D eigenvalue weighted by Crippen LogP contribution is -3.00. The molecule has 0 atom stereocenters. The molecule has 1 saturated heterocycles. The Balaban J connectivity index is 0.00000324. The molecule has 3 aromatic rings. The van der Waals surface area contributed by atoms with E-state index in [1.807, 2.05) is 11.3 Å². The minimum atomic E-state index is -3.15. The van der Waals surface area contributed by atoms with Gasteiger partial charge in [0.1, 0.15) is 11.0 Å².